The molecule has 0 fully saturated rings. The zero-order valence-corrected chi connectivity index (χ0v) is 17.6. The summed E-state index contributed by atoms with van der Waals surface area (Å²) in [6.45, 7) is 4.08. The molecule has 0 saturated carbocycles. The van der Waals surface area contributed by atoms with Crippen LogP contribution in [0.5, 0.6) is 5.75 Å². The number of hydrogen-bond acceptors (Lipinski definition) is 5. The number of rotatable bonds is 7. The smallest absolute Gasteiger partial charge is 0.263 e. The monoisotopic (exact) mass is 420 g/mol. The van der Waals surface area contributed by atoms with Crippen LogP contribution in [-0.4, -0.2) is 45.0 Å². The van der Waals surface area contributed by atoms with Crippen LogP contribution in [0.25, 0.3) is 0 Å². The van der Waals surface area contributed by atoms with E-state index in [9.17, 15) is 13.2 Å². The van der Waals surface area contributed by atoms with Gasteiger partial charge in [0.25, 0.3) is 5.91 Å². The van der Waals surface area contributed by atoms with Crippen molar-refractivity contribution in [2.75, 3.05) is 28.9 Å². The average molecular weight is 421 g/mol. The predicted octanol–water partition coefficient (Wildman–Crippen LogP) is 2.82. The Balaban J connectivity index is 1.60. The molecule has 0 bridgehead atoms. The van der Waals surface area contributed by atoms with Gasteiger partial charge in [0.2, 0.25) is 10.0 Å². The first-order valence-electron chi connectivity index (χ1n) is 9.14. The molecule has 1 aliphatic heterocycles. The number of carbonyl (C=O) groups excluding carboxylic acids is 1. The van der Waals surface area contributed by atoms with Gasteiger partial charge in [0, 0.05) is 17.2 Å². The van der Waals surface area contributed by atoms with Gasteiger partial charge in [0.05, 0.1) is 18.0 Å². The first-order valence-corrected chi connectivity index (χ1v) is 11.7. The molecular weight excluding hydrogens is 396 g/mol. The number of benzene rings is 2. The lowest BCUT2D eigenvalue weighted by molar-refractivity contribution is -0.127. The number of hydrogen-bond donors (Lipinski definition) is 1. The summed E-state index contributed by atoms with van der Waals surface area (Å²) in [4.78, 5) is 13.7. The summed E-state index contributed by atoms with van der Waals surface area (Å²) in [6, 6.07) is 15.1. The molecule has 0 saturated heterocycles. The van der Waals surface area contributed by atoms with E-state index in [1.54, 1.807) is 43.0 Å². The van der Waals surface area contributed by atoms with Gasteiger partial charge in [0.1, 0.15) is 5.75 Å². The number of sulfonamides is 1. The van der Waals surface area contributed by atoms with Crippen molar-refractivity contribution in [2.24, 2.45) is 0 Å². The maximum atomic E-state index is 12.6. The number of anilines is 1. The maximum absolute atomic E-state index is 12.6. The Morgan fingerprint density at radius 3 is 2.64 bits per heavy atom. The molecule has 2 aromatic rings. The van der Waals surface area contributed by atoms with E-state index in [-0.39, 0.29) is 18.2 Å². The molecule has 1 aliphatic rings. The lowest BCUT2D eigenvalue weighted by Gasteiger charge is -2.34. The molecule has 0 aliphatic carbocycles. The predicted molar refractivity (Wildman–Crippen MR) is 113 cm³/mol. The van der Waals surface area contributed by atoms with E-state index in [2.05, 4.69) is 29.6 Å². The van der Waals surface area contributed by atoms with Crippen molar-refractivity contribution in [3.8, 4) is 5.75 Å². The second-order valence-corrected chi connectivity index (χ2v) is 9.81. The zero-order valence-electron chi connectivity index (χ0n) is 15.9. The highest BCUT2D eigenvalue weighted by Crippen LogP contribution is 2.35. The normalized spacial score (nSPS) is 16.2. The van der Waals surface area contributed by atoms with Crippen LogP contribution in [0.4, 0.5) is 5.69 Å². The third kappa shape index (κ3) is 4.80. The summed E-state index contributed by atoms with van der Waals surface area (Å²) in [6.07, 6.45) is -0.874. The van der Waals surface area contributed by atoms with E-state index in [4.69, 9.17) is 4.74 Å². The lowest BCUT2D eigenvalue weighted by atomic mass is 10.2. The number of aryl methyl sites for hydroxylation is 1. The number of thioether (sulfide) groups is 1. The number of carbonyl (C=O) groups is 1. The van der Waals surface area contributed by atoms with Gasteiger partial charge in [-0.05, 0) is 38.1 Å². The summed E-state index contributed by atoms with van der Waals surface area (Å²) >= 11 is 1.65. The maximum Gasteiger partial charge on any atom is 0.263 e. The second kappa shape index (κ2) is 8.87. The molecule has 1 heterocycles. The highest BCUT2D eigenvalue weighted by molar-refractivity contribution is 7.99. The van der Waals surface area contributed by atoms with Crippen LogP contribution in [0.2, 0.25) is 0 Å². The minimum absolute atomic E-state index is 0.0237. The fourth-order valence-electron chi connectivity index (χ4n) is 2.85. The van der Waals surface area contributed by atoms with Crippen LogP contribution in [0.3, 0.4) is 0 Å². The molecular formula is C20H24N2O4S2. The van der Waals surface area contributed by atoms with Crippen LogP contribution < -0.4 is 14.4 Å². The van der Waals surface area contributed by atoms with E-state index >= 15 is 0 Å². The molecule has 1 unspecified atom stereocenters. The Labute approximate surface area is 170 Å². The fraction of sp³-hybridized carbons (Fsp3) is 0.350. The average Bonchev–Trinajstić information content (AvgIpc) is 2.71. The number of para-hydroxylation sites is 2. The fourth-order valence-corrected chi connectivity index (χ4v) is 4.74. The Kier molecular flexibility index (Phi) is 6.51. The van der Waals surface area contributed by atoms with Crippen molar-refractivity contribution < 1.29 is 17.9 Å². The van der Waals surface area contributed by atoms with Crippen molar-refractivity contribution in [1.29, 1.82) is 0 Å². The molecule has 1 amide bonds. The third-order valence-electron chi connectivity index (χ3n) is 4.42. The van der Waals surface area contributed by atoms with Crippen LogP contribution in [0, 0.1) is 6.92 Å². The van der Waals surface area contributed by atoms with E-state index in [1.165, 1.54) is 9.87 Å². The van der Waals surface area contributed by atoms with Crippen molar-refractivity contribution in [1.82, 2.24) is 5.32 Å². The summed E-state index contributed by atoms with van der Waals surface area (Å²) in [5.74, 6) is 0.771. The summed E-state index contributed by atoms with van der Waals surface area (Å²) in [5.41, 5.74) is 1.68. The van der Waals surface area contributed by atoms with Gasteiger partial charge in [-0.1, -0.05) is 29.8 Å². The molecule has 8 heteroatoms. The van der Waals surface area contributed by atoms with Crippen LogP contribution in [0.15, 0.2) is 53.4 Å². The molecule has 28 heavy (non-hydrogen) atoms. The Bertz CT molecular complexity index is 929. The molecule has 3 rings (SSSR count). The Morgan fingerprint density at radius 1 is 1.21 bits per heavy atom. The number of ether oxygens (including phenoxy) is 1. The number of nitrogens with zero attached hydrogens (tertiary/aromatic N) is 1. The van der Waals surface area contributed by atoms with Crippen LogP contribution in [0.1, 0.15) is 12.5 Å². The van der Waals surface area contributed by atoms with Gasteiger partial charge < -0.3 is 10.1 Å². The van der Waals surface area contributed by atoms with E-state index < -0.39 is 16.1 Å². The van der Waals surface area contributed by atoms with E-state index in [0.717, 1.165) is 10.6 Å². The van der Waals surface area contributed by atoms with Gasteiger partial charge in [-0.3, -0.25) is 9.10 Å². The highest BCUT2D eigenvalue weighted by Gasteiger charge is 2.35. The van der Waals surface area contributed by atoms with Crippen molar-refractivity contribution in [3.05, 3.63) is 54.1 Å². The minimum atomic E-state index is -3.50. The molecule has 0 aromatic heterocycles. The molecule has 0 spiro atoms. The highest BCUT2D eigenvalue weighted by atomic mass is 32.2. The van der Waals surface area contributed by atoms with E-state index in [1.807, 2.05) is 6.92 Å². The molecule has 2 aromatic carbocycles. The molecule has 0 radical (unpaired) electrons. The number of fused-ring (bicyclic) bond motifs is 1. The van der Waals surface area contributed by atoms with Gasteiger partial charge in [-0.2, -0.15) is 0 Å². The molecule has 1 N–H and O–H groups in total. The van der Waals surface area contributed by atoms with Gasteiger partial charge in [-0.15, -0.1) is 11.8 Å². The van der Waals surface area contributed by atoms with Crippen LogP contribution >= 0.6 is 11.8 Å². The zero-order chi connectivity index (χ0) is 20.1. The van der Waals surface area contributed by atoms with Crippen LogP contribution in [-0.2, 0) is 14.8 Å². The first-order chi connectivity index (χ1) is 13.4. The number of amides is 1. The van der Waals surface area contributed by atoms with E-state index in [0.29, 0.717) is 18.0 Å². The van der Waals surface area contributed by atoms with Crippen molar-refractivity contribution in [3.63, 3.8) is 0 Å². The lowest BCUT2D eigenvalue weighted by Crippen LogP contribution is -2.51. The SMILES string of the molecule is CCS(=O)(=O)N1CC(C(=O)NCCSc2ccc(C)cc2)Oc2ccccc21. The molecule has 150 valence electrons. The first kappa shape index (κ1) is 20.5. The van der Waals surface area contributed by atoms with Gasteiger partial charge in [-0.25, -0.2) is 8.42 Å². The number of nitrogens with one attached hydrogen (secondary N) is 1. The largest absolute Gasteiger partial charge is 0.476 e. The van der Waals surface area contributed by atoms with Crippen molar-refractivity contribution in [2.45, 2.75) is 24.8 Å². The molecule has 6 nitrogen and oxygen atoms in total. The Morgan fingerprint density at radius 2 is 1.93 bits per heavy atom. The standard InChI is InChI=1S/C20H24N2O4S2/c1-3-28(24,25)22-14-19(26-18-7-5-4-6-17(18)22)20(23)21-12-13-27-16-10-8-15(2)9-11-16/h4-11,19H,3,12-14H2,1-2H3,(H,21,23). The minimum Gasteiger partial charge on any atom is -0.476 e. The summed E-state index contributed by atoms with van der Waals surface area (Å²) < 4.78 is 32.0. The quantitative estimate of drug-likeness (QED) is 0.551. The van der Waals surface area contributed by atoms with Gasteiger partial charge >= 0.3 is 0 Å². The van der Waals surface area contributed by atoms with Crippen molar-refractivity contribution >= 4 is 33.4 Å². The van der Waals surface area contributed by atoms with Gasteiger partial charge in [0.15, 0.2) is 6.10 Å². The summed E-state index contributed by atoms with van der Waals surface area (Å²) in [7, 11) is -3.50. The topological polar surface area (TPSA) is 75.7 Å². The molecule has 1 atom stereocenters. The third-order valence-corrected chi connectivity index (χ3v) is 7.18. The Hall–Kier alpha value is -2.19. The summed E-state index contributed by atoms with van der Waals surface area (Å²) in [5, 5.41) is 2.85. The second-order valence-electron chi connectivity index (χ2n) is 6.46.